The van der Waals surface area contributed by atoms with Crippen LogP contribution in [-0.4, -0.2) is 21.5 Å². The lowest BCUT2D eigenvalue weighted by atomic mass is 9.79. The second-order valence-electron chi connectivity index (χ2n) is 7.52. The van der Waals surface area contributed by atoms with E-state index in [1.807, 2.05) is 30.3 Å². The highest BCUT2D eigenvalue weighted by Crippen LogP contribution is 2.45. The molecule has 0 bridgehead atoms. The molecule has 1 aliphatic heterocycles. The number of aryl methyl sites for hydroxylation is 1. The van der Waals surface area contributed by atoms with Crippen LogP contribution in [0.2, 0.25) is 0 Å². The van der Waals surface area contributed by atoms with Crippen molar-refractivity contribution >= 4 is 12.4 Å². The number of hydrogen-bond donors (Lipinski definition) is 1. The van der Waals surface area contributed by atoms with E-state index in [4.69, 9.17) is 4.74 Å². The molecule has 1 N–H and O–H groups in total. The van der Waals surface area contributed by atoms with Crippen molar-refractivity contribution in [2.24, 2.45) is 7.05 Å². The number of aromatic nitrogens is 3. The maximum absolute atomic E-state index is 13.1. The summed E-state index contributed by atoms with van der Waals surface area (Å²) in [5.41, 5.74) is 0.808. The van der Waals surface area contributed by atoms with Gasteiger partial charge in [-0.3, -0.25) is 0 Å². The number of rotatable bonds is 5. The number of hydrogen-bond acceptors (Lipinski definition) is 4. The van der Waals surface area contributed by atoms with E-state index in [-0.39, 0.29) is 25.1 Å². The van der Waals surface area contributed by atoms with Crippen LogP contribution in [0.25, 0.3) is 0 Å². The Balaban J connectivity index is 0.00000272. The predicted molar refractivity (Wildman–Crippen MR) is 113 cm³/mol. The van der Waals surface area contributed by atoms with Gasteiger partial charge < -0.3 is 10.1 Å². The molecule has 5 nitrogen and oxygen atoms in total. The maximum atomic E-state index is 13.1. The maximum Gasteiger partial charge on any atom is 0.416 e. The smallest absolute Gasteiger partial charge is 0.362 e. The lowest BCUT2D eigenvalue weighted by molar-refractivity contribution is -0.137. The first-order valence-electron chi connectivity index (χ1n) is 9.84. The Labute approximate surface area is 185 Å². The Morgan fingerprint density at radius 3 is 2.61 bits per heavy atom. The minimum absolute atomic E-state index is 0. The van der Waals surface area contributed by atoms with E-state index in [1.54, 1.807) is 24.0 Å². The van der Waals surface area contributed by atoms with E-state index < -0.39 is 17.3 Å². The van der Waals surface area contributed by atoms with E-state index in [2.05, 4.69) is 15.6 Å². The van der Waals surface area contributed by atoms with Crippen LogP contribution in [0.4, 0.5) is 13.2 Å². The van der Waals surface area contributed by atoms with Crippen molar-refractivity contribution in [1.82, 2.24) is 20.3 Å². The molecule has 0 aliphatic carbocycles. The Morgan fingerprint density at radius 1 is 1.16 bits per heavy atom. The van der Waals surface area contributed by atoms with E-state index in [9.17, 15) is 13.2 Å². The van der Waals surface area contributed by atoms with Crippen molar-refractivity contribution in [3.63, 3.8) is 0 Å². The van der Waals surface area contributed by atoms with Gasteiger partial charge >= 0.3 is 6.18 Å². The van der Waals surface area contributed by atoms with Crippen molar-refractivity contribution in [3.8, 4) is 0 Å². The first-order chi connectivity index (χ1) is 14.4. The van der Waals surface area contributed by atoms with Gasteiger partial charge in [-0.25, -0.2) is 4.68 Å². The highest BCUT2D eigenvalue weighted by Gasteiger charge is 2.46. The summed E-state index contributed by atoms with van der Waals surface area (Å²) in [6.45, 7) is 0.861. The SMILES string of the molecule is Cl.Cn1nncc1C1(OCc2cccc(C(F)(F)F)c2)CCCNC1c1ccccc1. The second-order valence-corrected chi connectivity index (χ2v) is 7.52. The van der Waals surface area contributed by atoms with Gasteiger partial charge in [0, 0.05) is 7.05 Å². The molecule has 1 fully saturated rings. The molecule has 9 heteroatoms. The van der Waals surface area contributed by atoms with E-state index in [1.165, 1.54) is 6.07 Å². The van der Waals surface area contributed by atoms with Gasteiger partial charge in [0.15, 0.2) is 0 Å². The van der Waals surface area contributed by atoms with Crippen molar-refractivity contribution in [3.05, 3.63) is 83.2 Å². The Kier molecular flexibility index (Phi) is 7.03. The fraction of sp³-hybridized carbons (Fsp3) is 0.364. The fourth-order valence-corrected chi connectivity index (χ4v) is 4.17. The van der Waals surface area contributed by atoms with Crippen molar-refractivity contribution in [1.29, 1.82) is 0 Å². The quantitative estimate of drug-likeness (QED) is 0.604. The summed E-state index contributed by atoms with van der Waals surface area (Å²) in [5.74, 6) is 0. The average molecular weight is 453 g/mol. The molecule has 0 spiro atoms. The largest absolute Gasteiger partial charge is 0.416 e. The molecular weight excluding hydrogens is 429 g/mol. The number of nitrogens with zero attached hydrogens (tertiary/aromatic N) is 3. The van der Waals surface area contributed by atoms with Gasteiger partial charge in [0.05, 0.1) is 30.1 Å². The molecule has 0 amide bonds. The molecule has 1 saturated heterocycles. The van der Waals surface area contributed by atoms with Gasteiger partial charge in [-0.1, -0.05) is 47.7 Å². The van der Waals surface area contributed by atoms with Crippen LogP contribution < -0.4 is 5.32 Å². The second kappa shape index (κ2) is 9.38. The molecule has 2 atom stereocenters. The third-order valence-electron chi connectivity index (χ3n) is 5.57. The summed E-state index contributed by atoms with van der Waals surface area (Å²) in [5, 5.41) is 11.6. The molecule has 1 aromatic heterocycles. The van der Waals surface area contributed by atoms with E-state index >= 15 is 0 Å². The molecule has 3 aromatic rings. The van der Waals surface area contributed by atoms with Gasteiger partial charge in [-0.05, 0) is 42.6 Å². The zero-order valence-corrected chi connectivity index (χ0v) is 17.8. The number of nitrogens with one attached hydrogen (secondary N) is 1. The van der Waals surface area contributed by atoms with Crippen molar-refractivity contribution in [2.75, 3.05) is 6.54 Å². The van der Waals surface area contributed by atoms with Crippen LogP contribution in [0.5, 0.6) is 0 Å². The van der Waals surface area contributed by atoms with Crippen LogP contribution in [-0.2, 0) is 30.2 Å². The molecule has 2 aromatic carbocycles. The van der Waals surface area contributed by atoms with Crippen LogP contribution in [0.15, 0.2) is 60.8 Å². The highest BCUT2D eigenvalue weighted by molar-refractivity contribution is 5.85. The number of benzene rings is 2. The summed E-state index contributed by atoms with van der Waals surface area (Å²) < 4.78 is 47.5. The third kappa shape index (κ3) is 4.76. The molecule has 31 heavy (non-hydrogen) atoms. The molecule has 4 rings (SSSR count). The Hall–Kier alpha value is -2.42. The van der Waals surface area contributed by atoms with E-state index in [0.717, 1.165) is 36.4 Å². The summed E-state index contributed by atoms with van der Waals surface area (Å²) >= 11 is 0. The topological polar surface area (TPSA) is 52.0 Å². The van der Waals surface area contributed by atoms with Crippen LogP contribution >= 0.6 is 12.4 Å². The van der Waals surface area contributed by atoms with Crippen molar-refractivity contribution in [2.45, 2.75) is 37.3 Å². The zero-order chi connectivity index (χ0) is 21.2. The van der Waals surface area contributed by atoms with Gasteiger partial charge in [-0.2, -0.15) is 13.2 Å². The van der Waals surface area contributed by atoms with Crippen LogP contribution in [0, 0.1) is 0 Å². The van der Waals surface area contributed by atoms with Crippen molar-refractivity contribution < 1.29 is 17.9 Å². The normalized spacial score (nSPS) is 21.5. The summed E-state index contributed by atoms with van der Waals surface area (Å²) in [7, 11) is 1.80. The monoisotopic (exact) mass is 452 g/mol. The molecule has 2 heterocycles. The van der Waals surface area contributed by atoms with Crippen LogP contribution in [0.1, 0.15) is 41.3 Å². The number of piperidine rings is 1. The lowest BCUT2D eigenvalue weighted by Crippen LogP contribution is -2.49. The Bertz CT molecular complexity index is 996. The number of halogens is 4. The number of ether oxygens (including phenoxy) is 1. The molecule has 166 valence electrons. The predicted octanol–water partition coefficient (Wildman–Crippen LogP) is 4.79. The average Bonchev–Trinajstić information content (AvgIpc) is 3.19. The standard InChI is InChI=1S/C22H23F3N4O.ClH/c1-29-19(14-27-28-29)21(11-6-12-26-20(21)17-8-3-2-4-9-17)30-15-16-7-5-10-18(13-16)22(23,24)25;/h2-5,7-10,13-14,20,26H,6,11-12,15H2,1H3;1H. The number of alkyl halides is 3. The molecule has 2 unspecified atom stereocenters. The van der Waals surface area contributed by atoms with Gasteiger partial charge in [0.2, 0.25) is 0 Å². The van der Waals surface area contributed by atoms with Gasteiger partial charge in [0.25, 0.3) is 0 Å². The summed E-state index contributed by atoms with van der Waals surface area (Å²) in [4.78, 5) is 0. The lowest BCUT2D eigenvalue weighted by Gasteiger charge is -2.44. The highest BCUT2D eigenvalue weighted by atomic mass is 35.5. The zero-order valence-electron chi connectivity index (χ0n) is 17.0. The molecule has 0 saturated carbocycles. The summed E-state index contributed by atoms with van der Waals surface area (Å²) in [6.07, 6.45) is -1.16. The van der Waals surface area contributed by atoms with E-state index in [0.29, 0.717) is 12.0 Å². The minimum atomic E-state index is -4.39. The van der Waals surface area contributed by atoms with Gasteiger partial charge in [0.1, 0.15) is 5.60 Å². The Morgan fingerprint density at radius 2 is 1.94 bits per heavy atom. The molecular formula is C22H24ClF3N4O. The minimum Gasteiger partial charge on any atom is -0.362 e. The first kappa shape index (κ1) is 23.2. The van der Waals surface area contributed by atoms with Crippen LogP contribution in [0.3, 0.4) is 0 Å². The first-order valence-corrected chi connectivity index (χ1v) is 9.84. The summed E-state index contributed by atoms with van der Waals surface area (Å²) in [6, 6.07) is 15.0. The molecule has 1 aliphatic rings. The fourth-order valence-electron chi connectivity index (χ4n) is 4.17. The third-order valence-corrected chi connectivity index (χ3v) is 5.57. The molecule has 0 radical (unpaired) electrons. The van der Waals surface area contributed by atoms with Gasteiger partial charge in [-0.15, -0.1) is 17.5 Å².